The number of fused-ring (bicyclic) bond motifs is 1. The van der Waals surface area contributed by atoms with Crippen LogP contribution in [0.4, 0.5) is 5.69 Å². The van der Waals surface area contributed by atoms with Gasteiger partial charge in [-0.05, 0) is 12.1 Å². The first kappa shape index (κ1) is 11.2. The van der Waals surface area contributed by atoms with Gasteiger partial charge in [-0.3, -0.25) is 19.8 Å². The van der Waals surface area contributed by atoms with Crippen LogP contribution in [0.2, 0.25) is 0 Å². The summed E-state index contributed by atoms with van der Waals surface area (Å²) in [4.78, 5) is 31.0. The van der Waals surface area contributed by atoms with E-state index in [1.54, 1.807) is 6.21 Å². The maximum Gasteiger partial charge on any atom is 0.328 e. The molecule has 0 aliphatic carbocycles. The monoisotopic (exact) mass is 255 g/mol. The second kappa shape index (κ2) is 4.09. The van der Waals surface area contributed by atoms with E-state index in [1.165, 1.54) is 6.08 Å². The van der Waals surface area contributed by atoms with Crippen LogP contribution in [0.3, 0.4) is 0 Å². The predicted molar refractivity (Wildman–Crippen MR) is 71.8 cm³/mol. The molecule has 19 heavy (non-hydrogen) atoms. The normalized spacial score (nSPS) is 14.8. The summed E-state index contributed by atoms with van der Waals surface area (Å²) in [6.07, 6.45) is 3.09. The van der Waals surface area contributed by atoms with E-state index in [2.05, 4.69) is 15.0 Å². The number of aromatic amines is 2. The Bertz CT molecular complexity index is 828. The van der Waals surface area contributed by atoms with E-state index >= 15 is 0 Å². The van der Waals surface area contributed by atoms with E-state index in [4.69, 9.17) is 0 Å². The predicted octanol–water partition coefficient (Wildman–Crippen LogP) is 1.03. The van der Waals surface area contributed by atoms with Crippen LogP contribution < -0.4 is 11.2 Å². The highest BCUT2D eigenvalue weighted by Crippen LogP contribution is 2.32. The van der Waals surface area contributed by atoms with Crippen molar-refractivity contribution in [2.75, 3.05) is 0 Å². The molecule has 0 saturated carbocycles. The number of benzene rings is 1. The molecule has 1 aromatic heterocycles. The molecule has 6 nitrogen and oxygen atoms in total. The van der Waals surface area contributed by atoms with Gasteiger partial charge in [-0.25, -0.2) is 4.79 Å². The summed E-state index contributed by atoms with van der Waals surface area (Å²) in [5.74, 6) is -0.459. The minimum atomic E-state index is -0.745. The Morgan fingerprint density at radius 2 is 1.95 bits per heavy atom. The van der Waals surface area contributed by atoms with Gasteiger partial charge >= 0.3 is 5.69 Å². The molecule has 2 heterocycles. The third kappa shape index (κ3) is 1.89. The molecule has 1 aromatic carbocycles. The molecule has 1 aliphatic heterocycles. The maximum absolute atomic E-state index is 11.6. The van der Waals surface area contributed by atoms with Crippen molar-refractivity contribution >= 4 is 23.6 Å². The van der Waals surface area contributed by atoms with Gasteiger partial charge in [-0.2, -0.15) is 0 Å². The first-order valence-electron chi connectivity index (χ1n) is 5.56. The zero-order valence-corrected chi connectivity index (χ0v) is 9.68. The summed E-state index contributed by atoms with van der Waals surface area (Å²) in [5.41, 5.74) is 0.972. The molecule has 0 spiro atoms. The van der Waals surface area contributed by atoms with Crippen LogP contribution in [0.15, 0.2) is 38.8 Å². The summed E-state index contributed by atoms with van der Waals surface area (Å²) in [6.45, 7) is 0. The zero-order valence-electron chi connectivity index (χ0n) is 9.68. The smallest absolute Gasteiger partial charge is 0.328 e. The highest BCUT2D eigenvalue weighted by Gasteiger charge is 2.13. The van der Waals surface area contributed by atoms with Crippen molar-refractivity contribution in [3.05, 3.63) is 56.2 Å². The van der Waals surface area contributed by atoms with Gasteiger partial charge in [-0.1, -0.05) is 18.2 Å². The van der Waals surface area contributed by atoms with Crippen LogP contribution in [0.5, 0.6) is 5.88 Å². The van der Waals surface area contributed by atoms with Crippen LogP contribution in [0.1, 0.15) is 11.1 Å². The van der Waals surface area contributed by atoms with Crippen LogP contribution >= 0.6 is 0 Å². The third-order valence-corrected chi connectivity index (χ3v) is 2.82. The first-order valence-corrected chi connectivity index (χ1v) is 5.56. The number of aromatic hydroxyl groups is 1. The molecule has 94 valence electrons. The molecule has 3 rings (SSSR count). The first-order chi connectivity index (χ1) is 9.15. The molecule has 2 aromatic rings. The summed E-state index contributed by atoms with van der Waals surface area (Å²) in [7, 11) is 0. The van der Waals surface area contributed by atoms with Crippen LogP contribution in [-0.4, -0.2) is 21.3 Å². The van der Waals surface area contributed by atoms with Crippen LogP contribution in [0, 0.1) is 0 Å². The molecular weight excluding hydrogens is 246 g/mol. The van der Waals surface area contributed by atoms with Crippen molar-refractivity contribution in [3.8, 4) is 5.88 Å². The van der Waals surface area contributed by atoms with Gasteiger partial charge in [0.1, 0.15) is 5.56 Å². The minimum Gasteiger partial charge on any atom is -0.494 e. The topological polar surface area (TPSA) is 98.3 Å². The Balaban J connectivity index is 2.18. The molecule has 0 amide bonds. The molecule has 0 radical (unpaired) electrons. The van der Waals surface area contributed by atoms with E-state index in [9.17, 15) is 14.7 Å². The Labute approximate surface area is 106 Å². The Kier molecular flexibility index (Phi) is 2.42. The van der Waals surface area contributed by atoms with Gasteiger partial charge in [0.2, 0.25) is 5.88 Å². The molecule has 0 unspecified atom stereocenters. The number of H-pyrrole nitrogens is 2. The van der Waals surface area contributed by atoms with Crippen molar-refractivity contribution in [2.24, 2.45) is 4.99 Å². The number of aliphatic imine (C=N–C) groups is 1. The van der Waals surface area contributed by atoms with E-state index in [1.807, 2.05) is 24.3 Å². The lowest BCUT2D eigenvalue weighted by Crippen LogP contribution is -2.23. The molecule has 0 bridgehead atoms. The van der Waals surface area contributed by atoms with Crippen LogP contribution in [-0.2, 0) is 0 Å². The van der Waals surface area contributed by atoms with Crippen molar-refractivity contribution in [1.82, 2.24) is 9.97 Å². The fourth-order valence-corrected chi connectivity index (χ4v) is 1.93. The Morgan fingerprint density at radius 1 is 1.16 bits per heavy atom. The van der Waals surface area contributed by atoms with Crippen molar-refractivity contribution in [1.29, 1.82) is 0 Å². The fraction of sp³-hybridized carbons (Fsp3) is 0. The number of nitrogens with zero attached hydrogens (tertiary/aromatic N) is 1. The van der Waals surface area contributed by atoms with Gasteiger partial charge < -0.3 is 5.11 Å². The minimum absolute atomic E-state index is 0.00208. The van der Waals surface area contributed by atoms with E-state index < -0.39 is 17.1 Å². The zero-order chi connectivity index (χ0) is 13.4. The molecule has 0 fully saturated rings. The lowest BCUT2D eigenvalue weighted by molar-refractivity contribution is 0.447. The van der Waals surface area contributed by atoms with Crippen molar-refractivity contribution in [3.63, 3.8) is 0 Å². The lowest BCUT2D eigenvalue weighted by atomic mass is 10.1. The molecule has 3 N–H and O–H groups in total. The molecule has 6 heteroatoms. The quantitative estimate of drug-likeness (QED) is 0.709. The number of allylic oxidation sites excluding steroid dienone is 1. The molecule has 0 atom stereocenters. The summed E-state index contributed by atoms with van der Waals surface area (Å²) >= 11 is 0. The van der Waals surface area contributed by atoms with Crippen molar-refractivity contribution in [2.45, 2.75) is 0 Å². The lowest BCUT2D eigenvalue weighted by Gasteiger charge is -2.00. The van der Waals surface area contributed by atoms with Crippen LogP contribution in [0.25, 0.3) is 11.6 Å². The van der Waals surface area contributed by atoms with Crippen molar-refractivity contribution < 1.29 is 5.11 Å². The standard InChI is InChI=1S/C13H9N3O3/c17-11-9(12(18)16-13(19)15-11)5-7-6-14-10-4-2-1-3-8(7)10/h1-6H,(H3,15,16,17,18,19)/b7-5-. The third-order valence-electron chi connectivity index (χ3n) is 2.82. The number of para-hydroxylation sites is 1. The number of hydrogen-bond acceptors (Lipinski definition) is 4. The average Bonchev–Trinajstić information content (AvgIpc) is 2.77. The fourth-order valence-electron chi connectivity index (χ4n) is 1.93. The number of rotatable bonds is 1. The van der Waals surface area contributed by atoms with E-state index in [0.717, 1.165) is 11.3 Å². The summed E-state index contributed by atoms with van der Waals surface area (Å²) < 4.78 is 0. The largest absolute Gasteiger partial charge is 0.494 e. The molecular formula is C13H9N3O3. The second-order valence-electron chi connectivity index (χ2n) is 4.05. The molecule has 0 saturated heterocycles. The summed E-state index contributed by atoms with van der Waals surface area (Å²) in [5, 5.41) is 9.62. The summed E-state index contributed by atoms with van der Waals surface area (Å²) in [6, 6.07) is 7.44. The number of nitrogens with one attached hydrogen (secondary N) is 2. The van der Waals surface area contributed by atoms with Gasteiger partial charge in [0.15, 0.2) is 0 Å². The highest BCUT2D eigenvalue weighted by molar-refractivity contribution is 6.21. The Hall–Kier alpha value is -2.89. The van der Waals surface area contributed by atoms with Gasteiger partial charge in [-0.15, -0.1) is 0 Å². The number of aromatic nitrogens is 2. The SMILES string of the molecule is O=c1[nH]c(O)c(/C=C2/C=Nc3ccccc32)c(=O)[nH]1. The van der Waals surface area contributed by atoms with E-state index in [0.29, 0.717) is 5.57 Å². The van der Waals surface area contributed by atoms with E-state index in [-0.39, 0.29) is 5.56 Å². The van der Waals surface area contributed by atoms with Gasteiger partial charge in [0, 0.05) is 17.4 Å². The average molecular weight is 255 g/mol. The highest BCUT2D eigenvalue weighted by atomic mass is 16.3. The molecule has 1 aliphatic rings. The number of hydrogen-bond donors (Lipinski definition) is 3. The van der Waals surface area contributed by atoms with Gasteiger partial charge in [0.05, 0.1) is 5.69 Å². The van der Waals surface area contributed by atoms with Gasteiger partial charge in [0.25, 0.3) is 5.56 Å². The Morgan fingerprint density at radius 3 is 2.74 bits per heavy atom. The maximum atomic E-state index is 11.6. The second-order valence-corrected chi connectivity index (χ2v) is 4.05.